The number of amides is 1. The quantitative estimate of drug-likeness (QED) is 0.399. The first-order valence-electron chi connectivity index (χ1n) is 12.8. The summed E-state index contributed by atoms with van der Waals surface area (Å²) in [5.41, 5.74) is -3.33. The van der Waals surface area contributed by atoms with Crippen molar-refractivity contribution in [2.75, 3.05) is 47.8 Å². The van der Waals surface area contributed by atoms with Gasteiger partial charge in [-0.05, 0) is 19.4 Å². The maximum absolute atomic E-state index is 16.3. The lowest BCUT2D eigenvalue weighted by Crippen LogP contribution is -2.49. The number of hydrogen-bond donors (Lipinski definition) is 3. The molecule has 1 amide bonds. The van der Waals surface area contributed by atoms with E-state index in [0.29, 0.717) is 43.9 Å². The van der Waals surface area contributed by atoms with Crippen molar-refractivity contribution in [1.82, 2.24) is 20.3 Å². The summed E-state index contributed by atoms with van der Waals surface area (Å²) >= 11 is 0. The minimum atomic E-state index is -5.03. The van der Waals surface area contributed by atoms with Crippen molar-refractivity contribution in [2.24, 2.45) is 0 Å². The molecular weight excluding hydrogens is 549 g/mol. The van der Waals surface area contributed by atoms with Crippen LogP contribution in [0.15, 0.2) is 41.6 Å². The maximum atomic E-state index is 16.3. The average Bonchev–Trinajstić information content (AvgIpc) is 3.39. The Kier molecular flexibility index (Phi) is 7.51. The topological polar surface area (TPSA) is 106 Å². The van der Waals surface area contributed by atoms with Gasteiger partial charge in [-0.15, -0.1) is 0 Å². The first-order chi connectivity index (χ1) is 19.4. The van der Waals surface area contributed by atoms with Gasteiger partial charge in [0.2, 0.25) is 5.56 Å². The molecule has 1 saturated heterocycles. The summed E-state index contributed by atoms with van der Waals surface area (Å²) in [6.07, 6.45) is -1.40. The Hall–Kier alpha value is -4.33. The van der Waals surface area contributed by atoms with Gasteiger partial charge in [0.1, 0.15) is 23.6 Å². The number of nitrogens with one attached hydrogen (secondary N) is 3. The number of alkyl halides is 3. The SMILES string of the molecule is Cc1cc(N2CC=C(c3c(F)cc(N4CCN[C@@H](C)C4)c(NC(=O)c4c[nH]c(=O)cc4C(F)(F)F)c3F)C2)ncn1. The molecule has 5 rings (SSSR count). The van der Waals surface area contributed by atoms with E-state index in [1.807, 2.05) is 6.92 Å². The number of rotatable bonds is 5. The first-order valence-corrected chi connectivity index (χ1v) is 12.8. The van der Waals surface area contributed by atoms with E-state index in [0.717, 1.165) is 6.07 Å². The summed E-state index contributed by atoms with van der Waals surface area (Å²) in [4.78, 5) is 38.5. The molecule has 0 saturated carbocycles. The number of piperazine rings is 1. The smallest absolute Gasteiger partial charge is 0.367 e. The standard InChI is InChI=1S/C27H26F5N7O2/c1-14-7-21(36-13-35-14)39-5-3-16(12-39)23-19(28)9-20(38-6-4-33-15(2)11-38)25(24(23)29)37-26(41)17-10-34-22(40)8-18(17)27(30,31)32/h3,7-10,13,15,33H,4-6,11-12H2,1-2H3,(H,34,40)(H,37,41)/t15-/m0/s1. The number of benzene rings is 1. The number of halogens is 5. The predicted octanol–water partition coefficient (Wildman–Crippen LogP) is 3.72. The molecule has 41 heavy (non-hydrogen) atoms. The van der Waals surface area contributed by atoms with Gasteiger partial charge in [-0.1, -0.05) is 6.08 Å². The normalized spacial score (nSPS) is 17.5. The zero-order valence-corrected chi connectivity index (χ0v) is 22.1. The molecule has 2 aliphatic heterocycles. The Morgan fingerprint density at radius 3 is 2.63 bits per heavy atom. The molecule has 1 fully saturated rings. The van der Waals surface area contributed by atoms with Gasteiger partial charge in [-0.25, -0.2) is 18.7 Å². The van der Waals surface area contributed by atoms with Crippen LogP contribution in [0.4, 0.5) is 39.1 Å². The molecular formula is C27H26F5N7O2. The Labute approximate surface area is 231 Å². The van der Waals surface area contributed by atoms with E-state index in [2.05, 4.69) is 25.6 Å². The van der Waals surface area contributed by atoms with Gasteiger partial charge in [-0.3, -0.25) is 9.59 Å². The molecule has 0 unspecified atom stereocenters. The highest BCUT2D eigenvalue weighted by molar-refractivity contribution is 6.07. The van der Waals surface area contributed by atoms with Crippen LogP contribution in [-0.2, 0) is 6.18 Å². The molecule has 4 heterocycles. The second kappa shape index (κ2) is 10.9. The average molecular weight is 576 g/mol. The predicted molar refractivity (Wildman–Crippen MR) is 143 cm³/mol. The summed E-state index contributed by atoms with van der Waals surface area (Å²) in [6.45, 7) is 5.20. The fourth-order valence-electron chi connectivity index (χ4n) is 5.02. The van der Waals surface area contributed by atoms with Crippen molar-refractivity contribution < 1.29 is 26.7 Å². The van der Waals surface area contributed by atoms with Gasteiger partial charge in [0.15, 0.2) is 5.82 Å². The monoisotopic (exact) mass is 575 g/mol. The van der Waals surface area contributed by atoms with Gasteiger partial charge < -0.3 is 25.4 Å². The van der Waals surface area contributed by atoms with Crippen LogP contribution >= 0.6 is 0 Å². The molecule has 3 aromatic rings. The number of pyridine rings is 1. The molecule has 1 aromatic carbocycles. The number of carbonyl (C=O) groups is 1. The fraction of sp³-hybridized carbons (Fsp3) is 0.333. The van der Waals surface area contributed by atoms with Gasteiger partial charge in [0, 0.05) is 68.9 Å². The van der Waals surface area contributed by atoms with Crippen molar-refractivity contribution in [2.45, 2.75) is 26.1 Å². The Bertz CT molecular complexity index is 1590. The van der Waals surface area contributed by atoms with Crippen LogP contribution in [0, 0.1) is 18.6 Å². The number of H-pyrrole nitrogens is 1. The van der Waals surface area contributed by atoms with Crippen molar-refractivity contribution in [1.29, 1.82) is 0 Å². The van der Waals surface area contributed by atoms with Crippen molar-refractivity contribution in [3.05, 3.63) is 81.2 Å². The third-order valence-corrected chi connectivity index (χ3v) is 6.97. The van der Waals surface area contributed by atoms with Gasteiger partial charge >= 0.3 is 6.18 Å². The van der Waals surface area contributed by atoms with Crippen LogP contribution in [0.1, 0.15) is 34.1 Å². The van der Waals surface area contributed by atoms with Crippen LogP contribution in [0.5, 0.6) is 0 Å². The molecule has 14 heteroatoms. The summed E-state index contributed by atoms with van der Waals surface area (Å²) in [7, 11) is 0. The lowest BCUT2D eigenvalue weighted by Gasteiger charge is -2.35. The highest BCUT2D eigenvalue weighted by Gasteiger charge is 2.37. The van der Waals surface area contributed by atoms with Crippen LogP contribution in [0.3, 0.4) is 0 Å². The van der Waals surface area contributed by atoms with Gasteiger partial charge in [-0.2, -0.15) is 13.2 Å². The van der Waals surface area contributed by atoms with Gasteiger partial charge in [0.25, 0.3) is 5.91 Å². The second-order valence-corrected chi connectivity index (χ2v) is 9.95. The number of aromatic nitrogens is 3. The van der Waals surface area contributed by atoms with Crippen LogP contribution in [-0.4, -0.2) is 59.6 Å². The number of aromatic amines is 1. The molecule has 2 aromatic heterocycles. The molecule has 0 radical (unpaired) electrons. The zero-order chi connectivity index (χ0) is 29.5. The van der Waals surface area contributed by atoms with Crippen LogP contribution in [0.25, 0.3) is 5.57 Å². The number of hydrogen-bond acceptors (Lipinski definition) is 7. The minimum absolute atomic E-state index is 0.00897. The van der Waals surface area contributed by atoms with Crippen LogP contribution < -0.4 is 26.0 Å². The largest absolute Gasteiger partial charge is 0.417 e. The Morgan fingerprint density at radius 1 is 1.15 bits per heavy atom. The molecule has 9 nitrogen and oxygen atoms in total. The number of anilines is 3. The van der Waals surface area contributed by atoms with E-state index in [1.54, 1.807) is 28.9 Å². The minimum Gasteiger partial charge on any atom is -0.367 e. The highest BCUT2D eigenvalue weighted by Crippen LogP contribution is 2.39. The van der Waals surface area contributed by atoms with E-state index in [-0.39, 0.29) is 29.9 Å². The second-order valence-electron chi connectivity index (χ2n) is 9.95. The van der Waals surface area contributed by atoms with E-state index in [1.165, 1.54) is 6.33 Å². The van der Waals surface area contributed by atoms with Gasteiger partial charge in [0.05, 0.1) is 22.4 Å². The number of aryl methyl sites for hydroxylation is 1. The van der Waals surface area contributed by atoms with E-state index in [9.17, 15) is 22.8 Å². The lowest BCUT2D eigenvalue weighted by atomic mass is 10.0. The maximum Gasteiger partial charge on any atom is 0.417 e. The summed E-state index contributed by atoms with van der Waals surface area (Å²) in [5.74, 6) is -2.76. The molecule has 0 bridgehead atoms. The third kappa shape index (κ3) is 5.78. The van der Waals surface area contributed by atoms with Crippen molar-refractivity contribution >= 4 is 28.7 Å². The molecule has 216 valence electrons. The summed E-state index contributed by atoms with van der Waals surface area (Å²) in [6, 6.07) is 3.01. The number of carbonyl (C=O) groups excluding carboxylic acids is 1. The molecule has 3 N–H and O–H groups in total. The first kappa shape index (κ1) is 28.2. The fourth-order valence-corrected chi connectivity index (χ4v) is 5.02. The van der Waals surface area contributed by atoms with Crippen molar-refractivity contribution in [3.8, 4) is 0 Å². The van der Waals surface area contributed by atoms with E-state index >= 15 is 8.78 Å². The Morgan fingerprint density at radius 2 is 1.93 bits per heavy atom. The molecule has 2 aliphatic rings. The Balaban J connectivity index is 1.56. The molecule has 0 aliphatic carbocycles. The van der Waals surface area contributed by atoms with E-state index in [4.69, 9.17) is 0 Å². The number of nitrogens with zero attached hydrogens (tertiary/aromatic N) is 4. The summed E-state index contributed by atoms with van der Waals surface area (Å²) < 4.78 is 72.9. The van der Waals surface area contributed by atoms with Crippen molar-refractivity contribution in [3.63, 3.8) is 0 Å². The zero-order valence-electron chi connectivity index (χ0n) is 22.1. The van der Waals surface area contributed by atoms with Crippen LogP contribution in [0.2, 0.25) is 0 Å². The highest BCUT2D eigenvalue weighted by atomic mass is 19.4. The lowest BCUT2D eigenvalue weighted by molar-refractivity contribution is -0.138. The van der Waals surface area contributed by atoms with E-state index < -0.39 is 51.7 Å². The molecule has 1 atom stereocenters. The molecule has 0 spiro atoms. The third-order valence-electron chi connectivity index (χ3n) is 6.97. The summed E-state index contributed by atoms with van der Waals surface area (Å²) in [5, 5.41) is 5.46.